The molecule has 1 N–H and O–H groups in total. The summed E-state index contributed by atoms with van der Waals surface area (Å²) in [6.45, 7) is 4.70. The van der Waals surface area contributed by atoms with E-state index in [0.29, 0.717) is 24.9 Å². The third kappa shape index (κ3) is 4.46. The molecule has 6 heteroatoms. The van der Waals surface area contributed by atoms with Crippen LogP contribution in [0.3, 0.4) is 0 Å². The van der Waals surface area contributed by atoms with Crippen LogP contribution in [0.4, 0.5) is 0 Å². The third-order valence-electron chi connectivity index (χ3n) is 2.50. The third-order valence-corrected chi connectivity index (χ3v) is 2.50. The Morgan fingerprint density at radius 1 is 1.39 bits per heavy atom. The molecular formula is C12H21N3O3. The molecule has 1 heterocycles. The smallest absolute Gasteiger partial charge is 0.299 e. The first-order valence-corrected chi connectivity index (χ1v) is 6.01. The minimum absolute atomic E-state index is 0.0729. The predicted molar refractivity (Wildman–Crippen MR) is 69.1 cm³/mol. The summed E-state index contributed by atoms with van der Waals surface area (Å²) >= 11 is 0. The second-order valence-electron chi connectivity index (χ2n) is 3.97. The van der Waals surface area contributed by atoms with E-state index in [1.54, 1.807) is 18.6 Å². The van der Waals surface area contributed by atoms with Gasteiger partial charge in [-0.05, 0) is 19.9 Å². The van der Waals surface area contributed by atoms with Crippen LogP contribution in [0.5, 0.6) is 6.01 Å². The fraction of sp³-hybridized carbons (Fsp3) is 0.667. The Morgan fingerprint density at radius 3 is 2.83 bits per heavy atom. The summed E-state index contributed by atoms with van der Waals surface area (Å²) < 4.78 is 11.6. The number of aromatic nitrogens is 2. The Labute approximate surface area is 107 Å². The van der Waals surface area contributed by atoms with Gasteiger partial charge < -0.3 is 14.8 Å². The van der Waals surface area contributed by atoms with Crippen molar-refractivity contribution in [2.45, 2.75) is 19.9 Å². The maximum Gasteiger partial charge on any atom is 0.299 e. The maximum absolute atomic E-state index is 11.8. The zero-order chi connectivity index (χ0) is 13.4. The second-order valence-corrected chi connectivity index (χ2v) is 3.97. The zero-order valence-electron chi connectivity index (χ0n) is 11.2. The van der Waals surface area contributed by atoms with Crippen LogP contribution in [-0.2, 0) is 11.3 Å². The fourth-order valence-corrected chi connectivity index (χ4v) is 1.62. The molecule has 0 unspecified atom stereocenters. The van der Waals surface area contributed by atoms with E-state index in [-0.39, 0.29) is 5.56 Å². The van der Waals surface area contributed by atoms with Gasteiger partial charge in [0.05, 0.1) is 13.7 Å². The van der Waals surface area contributed by atoms with Gasteiger partial charge in [0.1, 0.15) is 0 Å². The van der Waals surface area contributed by atoms with E-state index >= 15 is 0 Å². The Morgan fingerprint density at radius 2 is 2.17 bits per heavy atom. The molecule has 1 rings (SSSR count). The lowest BCUT2D eigenvalue weighted by Gasteiger charge is -2.11. The molecule has 0 aliphatic rings. The van der Waals surface area contributed by atoms with E-state index in [0.717, 1.165) is 19.5 Å². The van der Waals surface area contributed by atoms with E-state index in [1.165, 1.54) is 13.2 Å². The molecule has 0 fully saturated rings. The highest BCUT2D eigenvalue weighted by atomic mass is 16.5. The molecule has 1 aromatic rings. The molecule has 0 saturated heterocycles. The minimum Gasteiger partial charge on any atom is -0.468 e. The van der Waals surface area contributed by atoms with Crippen LogP contribution in [0.15, 0.2) is 10.9 Å². The van der Waals surface area contributed by atoms with Gasteiger partial charge in [-0.15, -0.1) is 0 Å². The van der Waals surface area contributed by atoms with Crippen molar-refractivity contribution >= 4 is 0 Å². The van der Waals surface area contributed by atoms with Gasteiger partial charge in [-0.3, -0.25) is 9.36 Å². The summed E-state index contributed by atoms with van der Waals surface area (Å²) in [4.78, 5) is 16.0. The van der Waals surface area contributed by atoms with Crippen molar-refractivity contribution in [3.63, 3.8) is 0 Å². The first kappa shape index (κ1) is 14.7. The topological polar surface area (TPSA) is 65.4 Å². The first-order chi connectivity index (χ1) is 8.69. The molecule has 0 aliphatic heterocycles. The molecule has 0 aliphatic carbocycles. The highest BCUT2D eigenvalue weighted by Gasteiger charge is 2.06. The van der Waals surface area contributed by atoms with Crippen LogP contribution in [0.25, 0.3) is 0 Å². The summed E-state index contributed by atoms with van der Waals surface area (Å²) in [5.41, 5.74) is 0.600. The maximum atomic E-state index is 11.8. The van der Waals surface area contributed by atoms with Crippen molar-refractivity contribution < 1.29 is 9.47 Å². The number of nitrogens with one attached hydrogen (secondary N) is 1. The molecule has 0 radical (unpaired) electrons. The van der Waals surface area contributed by atoms with Gasteiger partial charge in [0.25, 0.3) is 11.6 Å². The average molecular weight is 255 g/mol. The molecule has 6 nitrogen and oxygen atoms in total. The van der Waals surface area contributed by atoms with E-state index in [9.17, 15) is 4.79 Å². The van der Waals surface area contributed by atoms with Gasteiger partial charge in [-0.25, -0.2) is 4.98 Å². The van der Waals surface area contributed by atoms with E-state index in [2.05, 4.69) is 10.3 Å². The zero-order valence-corrected chi connectivity index (χ0v) is 11.2. The van der Waals surface area contributed by atoms with Crippen molar-refractivity contribution in [3.8, 4) is 6.01 Å². The fourth-order valence-electron chi connectivity index (χ4n) is 1.62. The van der Waals surface area contributed by atoms with Gasteiger partial charge in [0, 0.05) is 32.0 Å². The van der Waals surface area contributed by atoms with Crippen molar-refractivity contribution in [2.24, 2.45) is 0 Å². The molecule has 0 aromatic carbocycles. The van der Waals surface area contributed by atoms with Crippen molar-refractivity contribution in [3.05, 3.63) is 22.1 Å². The summed E-state index contributed by atoms with van der Waals surface area (Å²) in [5, 5.41) is 3.22. The molecule has 102 valence electrons. The van der Waals surface area contributed by atoms with Gasteiger partial charge in [0.2, 0.25) is 0 Å². The number of rotatable bonds is 8. The predicted octanol–water partition coefficient (Wildman–Crippen LogP) is 0.186. The molecule has 0 atom stereocenters. The van der Waals surface area contributed by atoms with Crippen molar-refractivity contribution in [1.82, 2.24) is 14.9 Å². The Bertz CT molecular complexity index is 418. The quantitative estimate of drug-likeness (QED) is 0.672. The lowest BCUT2D eigenvalue weighted by molar-refractivity contribution is 0.199. The molecule has 18 heavy (non-hydrogen) atoms. The summed E-state index contributed by atoms with van der Waals surface area (Å²) in [6.07, 6.45) is 0.838. The molecule has 0 bridgehead atoms. The summed E-state index contributed by atoms with van der Waals surface area (Å²) in [6, 6.07) is 1.89. The molecule has 0 spiro atoms. The molecule has 0 saturated carbocycles. The molecule has 0 amide bonds. The lowest BCUT2D eigenvalue weighted by Crippen LogP contribution is -2.26. The van der Waals surface area contributed by atoms with Gasteiger partial charge >= 0.3 is 0 Å². The van der Waals surface area contributed by atoms with Gasteiger partial charge in [-0.2, -0.15) is 0 Å². The van der Waals surface area contributed by atoms with Crippen LogP contribution in [-0.4, -0.2) is 43.5 Å². The second kappa shape index (κ2) is 7.84. The summed E-state index contributed by atoms with van der Waals surface area (Å²) in [5.74, 6) is 0. The standard InChI is InChI=1S/C12H21N3O3/c1-10-9-11(16)15(12(14-10)18-3)7-4-5-13-6-8-17-2/h9,13H,4-8H2,1-3H3. The largest absolute Gasteiger partial charge is 0.468 e. The highest BCUT2D eigenvalue weighted by Crippen LogP contribution is 2.04. The molecule has 1 aromatic heterocycles. The number of nitrogens with zero attached hydrogens (tertiary/aromatic N) is 2. The van der Waals surface area contributed by atoms with Gasteiger partial charge in [-0.1, -0.05) is 0 Å². The SMILES string of the molecule is COCCNCCCn1c(OC)nc(C)cc1=O. The van der Waals surface area contributed by atoms with Crippen LogP contribution in [0, 0.1) is 6.92 Å². The highest BCUT2D eigenvalue weighted by molar-refractivity contribution is 5.06. The number of hydrogen-bond donors (Lipinski definition) is 1. The number of hydrogen-bond acceptors (Lipinski definition) is 5. The number of ether oxygens (including phenoxy) is 2. The minimum atomic E-state index is -0.0729. The van der Waals surface area contributed by atoms with Gasteiger partial charge in [0.15, 0.2) is 0 Å². The molecular weight excluding hydrogens is 234 g/mol. The number of methoxy groups -OCH3 is 2. The van der Waals surface area contributed by atoms with E-state index in [4.69, 9.17) is 9.47 Å². The Balaban J connectivity index is 2.49. The van der Waals surface area contributed by atoms with E-state index in [1.807, 2.05) is 0 Å². The van der Waals surface area contributed by atoms with Crippen LogP contribution < -0.4 is 15.6 Å². The van der Waals surface area contributed by atoms with Crippen LogP contribution in [0.2, 0.25) is 0 Å². The van der Waals surface area contributed by atoms with Crippen molar-refractivity contribution in [2.75, 3.05) is 33.9 Å². The van der Waals surface area contributed by atoms with Crippen LogP contribution in [0.1, 0.15) is 12.1 Å². The lowest BCUT2D eigenvalue weighted by atomic mass is 10.4. The Hall–Kier alpha value is -1.40. The van der Waals surface area contributed by atoms with E-state index < -0.39 is 0 Å². The summed E-state index contributed by atoms with van der Waals surface area (Å²) in [7, 11) is 3.19. The average Bonchev–Trinajstić information content (AvgIpc) is 2.35. The first-order valence-electron chi connectivity index (χ1n) is 6.01. The monoisotopic (exact) mass is 255 g/mol. The van der Waals surface area contributed by atoms with Crippen LogP contribution >= 0.6 is 0 Å². The Kier molecular flexibility index (Phi) is 6.38. The number of aryl methyl sites for hydroxylation is 1. The van der Waals surface area contributed by atoms with Crippen molar-refractivity contribution in [1.29, 1.82) is 0 Å². The normalized spacial score (nSPS) is 10.6.